The van der Waals surface area contributed by atoms with Gasteiger partial charge in [-0.2, -0.15) is 0 Å². The van der Waals surface area contributed by atoms with Crippen LogP contribution in [-0.2, 0) is 13.0 Å². The van der Waals surface area contributed by atoms with Gasteiger partial charge in [0.15, 0.2) is 0 Å². The summed E-state index contributed by atoms with van der Waals surface area (Å²) in [4.78, 5) is 8.84. The van der Waals surface area contributed by atoms with Gasteiger partial charge in [0.25, 0.3) is 0 Å². The van der Waals surface area contributed by atoms with Crippen LogP contribution in [0.4, 0.5) is 5.82 Å². The Kier molecular flexibility index (Phi) is 5.39. The lowest BCUT2D eigenvalue weighted by atomic mass is 10.2. The monoisotopic (exact) mass is 305 g/mol. The summed E-state index contributed by atoms with van der Waals surface area (Å²) in [5.41, 5.74) is 2.00. The minimum absolute atomic E-state index is 0.515. The van der Waals surface area contributed by atoms with Gasteiger partial charge < -0.3 is 10.1 Å². The molecule has 0 saturated heterocycles. The first kappa shape index (κ1) is 15.6. The van der Waals surface area contributed by atoms with Crippen molar-refractivity contribution < 1.29 is 4.74 Å². The Balaban J connectivity index is 2.15. The summed E-state index contributed by atoms with van der Waals surface area (Å²) < 4.78 is 5.23. The zero-order valence-corrected chi connectivity index (χ0v) is 13.4. The largest absolute Gasteiger partial charge is 0.497 e. The number of rotatable bonds is 6. The van der Waals surface area contributed by atoms with Crippen LogP contribution in [0, 0.1) is 6.92 Å². The first-order valence-corrected chi connectivity index (χ1v) is 7.41. The van der Waals surface area contributed by atoms with Crippen molar-refractivity contribution in [3.63, 3.8) is 0 Å². The smallest absolute Gasteiger partial charge is 0.137 e. The highest BCUT2D eigenvalue weighted by atomic mass is 35.5. The predicted molar refractivity (Wildman–Crippen MR) is 86.1 cm³/mol. The van der Waals surface area contributed by atoms with Crippen LogP contribution < -0.4 is 10.1 Å². The topological polar surface area (TPSA) is 47.0 Å². The maximum Gasteiger partial charge on any atom is 0.137 e. The summed E-state index contributed by atoms with van der Waals surface area (Å²) in [5, 5.41) is 3.84. The summed E-state index contributed by atoms with van der Waals surface area (Å²) in [6.07, 6.45) is 1.82. The van der Waals surface area contributed by atoms with E-state index in [1.807, 2.05) is 31.2 Å². The second-order valence-electron chi connectivity index (χ2n) is 4.86. The second kappa shape index (κ2) is 7.27. The zero-order valence-electron chi connectivity index (χ0n) is 12.6. The van der Waals surface area contributed by atoms with Gasteiger partial charge in [-0.25, -0.2) is 9.97 Å². The molecular weight excluding hydrogens is 286 g/mol. The van der Waals surface area contributed by atoms with Crippen LogP contribution in [0.1, 0.15) is 30.3 Å². The molecule has 0 unspecified atom stereocenters. The Morgan fingerprint density at radius 3 is 2.81 bits per heavy atom. The number of anilines is 1. The van der Waals surface area contributed by atoms with Gasteiger partial charge in [-0.1, -0.05) is 30.7 Å². The number of nitrogens with one attached hydrogen (secondary N) is 1. The highest BCUT2D eigenvalue weighted by Crippen LogP contribution is 2.21. The van der Waals surface area contributed by atoms with Crippen LogP contribution >= 0.6 is 11.6 Å². The number of methoxy groups -OCH3 is 1. The number of halogens is 1. The van der Waals surface area contributed by atoms with Gasteiger partial charge in [0, 0.05) is 18.5 Å². The number of benzene rings is 1. The Morgan fingerprint density at radius 1 is 1.29 bits per heavy atom. The average Bonchev–Trinajstić information content (AvgIpc) is 2.50. The Hall–Kier alpha value is -1.81. The van der Waals surface area contributed by atoms with Crippen LogP contribution in [0.15, 0.2) is 24.3 Å². The van der Waals surface area contributed by atoms with Gasteiger partial charge >= 0.3 is 0 Å². The van der Waals surface area contributed by atoms with E-state index in [4.69, 9.17) is 16.3 Å². The third-order valence-electron chi connectivity index (χ3n) is 3.20. The van der Waals surface area contributed by atoms with E-state index in [1.54, 1.807) is 7.11 Å². The number of hydrogen-bond acceptors (Lipinski definition) is 4. The van der Waals surface area contributed by atoms with Crippen LogP contribution in [0.25, 0.3) is 0 Å². The van der Waals surface area contributed by atoms with Gasteiger partial charge in [-0.3, -0.25) is 0 Å². The van der Waals surface area contributed by atoms with E-state index in [0.29, 0.717) is 11.7 Å². The molecule has 0 amide bonds. The Labute approximate surface area is 130 Å². The van der Waals surface area contributed by atoms with Crippen molar-refractivity contribution in [1.82, 2.24) is 9.97 Å². The summed E-state index contributed by atoms with van der Waals surface area (Å²) in [6.45, 7) is 4.68. The molecule has 21 heavy (non-hydrogen) atoms. The molecule has 0 fully saturated rings. The minimum atomic E-state index is 0.515. The second-order valence-corrected chi connectivity index (χ2v) is 5.22. The molecule has 2 aromatic rings. The lowest BCUT2D eigenvalue weighted by Crippen LogP contribution is -2.07. The van der Waals surface area contributed by atoms with Crippen molar-refractivity contribution in [3.05, 3.63) is 46.4 Å². The molecule has 0 aliphatic carbocycles. The summed E-state index contributed by atoms with van der Waals surface area (Å²) in [7, 11) is 1.66. The van der Waals surface area contributed by atoms with Gasteiger partial charge in [-0.05, 0) is 31.0 Å². The minimum Gasteiger partial charge on any atom is -0.497 e. The summed E-state index contributed by atoms with van der Waals surface area (Å²) in [5.74, 6) is 2.42. The first-order valence-electron chi connectivity index (χ1n) is 7.03. The Morgan fingerprint density at radius 2 is 2.10 bits per heavy atom. The molecule has 112 valence electrons. The SMILES string of the molecule is CCCc1nc(Cl)c(C)c(NCc2cccc(OC)c2)n1. The molecule has 0 radical (unpaired) electrons. The van der Waals surface area contributed by atoms with Crippen molar-refractivity contribution in [2.75, 3.05) is 12.4 Å². The lowest BCUT2D eigenvalue weighted by molar-refractivity contribution is 0.414. The van der Waals surface area contributed by atoms with Gasteiger partial charge in [-0.15, -0.1) is 0 Å². The molecule has 1 heterocycles. The highest BCUT2D eigenvalue weighted by Gasteiger charge is 2.09. The molecule has 1 aromatic carbocycles. The van der Waals surface area contributed by atoms with E-state index in [2.05, 4.69) is 22.2 Å². The zero-order chi connectivity index (χ0) is 15.2. The van der Waals surface area contributed by atoms with Gasteiger partial charge in [0.1, 0.15) is 22.5 Å². The third kappa shape index (κ3) is 4.08. The van der Waals surface area contributed by atoms with E-state index in [9.17, 15) is 0 Å². The standard InChI is InChI=1S/C16H20ClN3O/c1-4-6-14-19-15(17)11(2)16(20-14)18-10-12-7-5-8-13(9-12)21-3/h5,7-9H,4,6,10H2,1-3H3,(H,18,19,20). The third-order valence-corrected chi connectivity index (χ3v) is 3.57. The molecular formula is C16H20ClN3O. The molecule has 0 spiro atoms. The molecule has 5 heteroatoms. The molecule has 0 bridgehead atoms. The summed E-state index contributed by atoms with van der Waals surface area (Å²) >= 11 is 6.17. The van der Waals surface area contributed by atoms with Crippen molar-refractivity contribution >= 4 is 17.4 Å². The lowest BCUT2D eigenvalue weighted by Gasteiger charge is -2.12. The fraction of sp³-hybridized carbons (Fsp3) is 0.375. The van der Waals surface area contributed by atoms with E-state index in [-0.39, 0.29) is 0 Å². The van der Waals surface area contributed by atoms with Gasteiger partial charge in [0.05, 0.1) is 7.11 Å². The number of nitrogens with zero attached hydrogens (tertiary/aromatic N) is 2. The molecule has 0 atom stereocenters. The van der Waals surface area contributed by atoms with Crippen molar-refractivity contribution in [2.24, 2.45) is 0 Å². The maximum absolute atomic E-state index is 6.17. The average molecular weight is 306 g/mol. The predicted octanol–water partition coefficient (Wildman–Crippen LogP) is 4.01. The van der Waals surface area contributed by atoms with E-state index < -0.39 is 0 Å². The normalized spacial score (nSPS) is 10.5. The van der Waals surface area contributed by atoms with Crippen LogP contribution in [0.3, 0.4) is 0 Å². The quantitative estimate of drug-likeness (QED) is 0.819. The molecule has 1 aromatic heterocycles. The Bertz CT molecular complexity index is 616. The molecule has 0 aliphatic heterocycles. The van der Waals surface area contributed by atoms with Crippen LogP contribution in [0.2, 0.25) is 5.15 Å². The number of aromatic nitrogens is 2. The number of aryl methyl sites for hydroxylation is 1. The summed E-state index contributed by atoms with van der Waals surface area (Å²) in [6, 6.07) is 7.94. The number of ether oxygens (including phenoxy) is 1. The molecule has 1 N–H and O–H groups in total. The van der Waals surface area contributed by atoms with E-state index >= 15 is 0 Å². The molecule has 0 aliphatic rings. The van der Waals surface area contributed by atoms with Crippen LogP contribution in [-0.4, -0.2) is 17.1 Å². The van der Waals surface area contributed by atoms with Crippen molar-refractivity contribution in [2.45, 2.75) is 33.2 Å². The van der Waals surface area contributed by atoms with Crippen molar-refractivity contribution in [1.29, 1.82) is 0 Å². The van der Waals surface area contributed by atoms with E-state index in [0.717, 1.165) is 41.4 Å². The van der Waals surface area contributed by atoms with Crippen LogP contribution in [0.5, 0.6) is 5.75 Å². The highest BCUT2D eigenvalue weighted by molar-refractivity contribution is 6.30. The van der Waals surface area contributed by atoms with Gasteiger partial charge in [0.2, 0.25) is 0 Å². The fourth-order valence-corrected chi connectivity index (χ4v) is 2.20. The van der Waals surface area contributed by atoms with Crippen molar-refractivity contribution in [3.8, 4) is 5.75 Å². The van der Waals surface area contributed by atoms with E-state index in [1.165, 1.54) is 0 Å². The maximum atomic E-state index is 6.17. The molecule has 0 saturated carbocycles. The fourth-order valence-electron chi connectivity index (χ4n) is 2.01. The first-order chi connectivity index (χ1) is 10.1. The number of hydrogen-bond donors (Lipinski definition) is 1. The molecule has 2 rings (SSSR count). The molecule has 4 nitrogen and oxygen atoms in total.